The van der Waals surface area contributed by atoms with Crippen LogP contribution in [0.1, 0.15) is 56.7 Å². The molecule has 1 fully saturated rings. The maximum Gasteiger partial charge on any atom is -0.00179 e. The second kappa shape index (κ2) is 6.96. The molecule has 0 amide bonds. The molecule has 0 heterocycles. The molecule has 118 valence electrons. The largest absolute Gasteiger partial charge is 0.317 e. The third-order valence-corrected chi connectivity index (χ3v) is 5.11. The van der Waals surface area contributed by atoms with E-state index in [-0.39, 0.29) is 0 Å². The Hall–Kier alpha value is -0.820. The predicted molar refractivity (Wildman–Crippen MR) is 92.8 cm³/mol. The molecule has 1 N–H and O–H groups in total. The quantitative estimate of drug-likeness (QED) is 0.812. The second-order valence-electron chi connectivity index (χ2n) is 7.93. The summed E-state index contributed by atoms with van der Waals surface area (Å²) in [5, 5.41) is 3.58. The van der Waals surface area contributed by atoms with Crippen LogP contribution in [0.25, 0.3) is 0 Å². The Balaban J connectivity index is 2.11. The molecule has 0 radical (unpaired) electrons. The Morgan fingerprint density at radius 2 is 1.76 bits per heavy atom. The fourth-order valence-electron chi connectivity index (χ4n) is 4.12. The highest BCUT2D eigenvalue weighted by atomic mass is 14.8. The maximum atomic E-state index is 3.58. The molecule has 0 bridgehead atoms. The first kappa shape index (κ1) is 16.5. The van der Waals surface area contributed by atoms with Gasteiger partial charge in [0, 0.05) is 0 Å². The highest BCUT2D eigenvalue weighted by Crippen LogP contribution is 2.43. The molecule has 1 nitrogen and oxygen atoms in total. The molecule has 1 heteroatoms. The van der Waals surface area contributed by atoms with Crippen LogP contribution in [-0.4, -0.2) is 13.1 Å². The van der Waals surface area contributed by atoms with Crippen LogP contribution in [-0.2, 0) is 6.42 Å². The first-order valence-corrected chi connectivity index (χ1v) is 8.67. The van der Waals surface area contributed by atoms with Crippen LogP contribution in [0.15, 0.2) is 18.2 Å². The molecule has 1 saturated carbocycles. The van der Waals surface area contributed by atoms with Crippen LogP contribution in [0.3, 0.4) is 0 Å². The Morgan fingerprint density at radius 3 is 2.38 bits per heavy atom. The summed E-state index contributed by atoms with van der Waals surface area (Å²) in [5.74, 6) is 1.67. The molecular formula is C20H33N. The minimum absolute atomic E-state index is 0.520. The van der Waals surface area contributed by atoms with Crippen molar-refractivity contribution in [3.63, 3.8) is 0 Å². The standard InChI is InChI=1S/C20H33N/c1-6-21-14-18-7-8-20(4,5)13-19(18)12-17-10-15(2)9-16(3)11-17/h9-11,18-19,21H,6-8,12-14H2,1-5H3. The van der Waals surface area contributed by atoms with Gasteiger partial charge >= 0.3 is 0 Å². The zero-order chi connectivity index (χ0) is 15.5. The van der Waals surface area contributed by atoms with E-state index in [2.05, 4.69) is 58.1 Å². The van der Waals surface area contributed by atoms with E-state index in [9.17, 15) is 0 Å². The molecule has 1 aromatic rings. The number of hydrogen-bond donors (Lipinski definition) is 1. The lowest BCUT2D eigenvalue weighted by Crippen LogP contribution is -2.37. The molecule has 2 unspecified atom stereocenters. The maximum absolute atomic E-state index is 3.58. The smallest absolute Gasteiger partial charge is 0.00179 e. The van der Waals surface area contributed by atoms with Crippen molar-refractivity contribution in [1.82, 2.24) is 5.32 Å². The van der Waals surface area contributed by atoms with Gasteiger partial charge in [-0.15, -0.1) is 0 Å². The summed E-state index contributed by atoms with van der Waals surface area (Å²) in [6, 6.07) is 7.06. The SMILES string of the molecule is CCNCC1CCC(C)(C)CC1Cc1cc(C)cc(C)c1. The zero-order valence-corrected chi connectivity index (χ0v) is 14.6. The average Bonchev–Trinajstić information content (AvgIpc) is 2.36. The topological polar surface area (TPSA) is 12.0 Å². The molecule has 0 aromatic heterocycles. The molecule has 0 spiro atoms. The van der Waals surface area contributed by atoms with Gasteiger partial charge in [0.25, 0.3) is 0 Å². The van der Waals surface area contributed by atoms with Crippen LogP contribution in [0.4, 0.5) is 0 Å². The Bertz CT molecular complexity index is 441. The summed E-state index contributed by atoms with van der Waals surface area (Å²) in [6.45, 7) is 13.8. The highest BCUT2D eigenvalue weighted by molar-refractivity contribution is 5.29. The van der Waals surface area contributed by atoms with Gasteiger partial charge in [-0.3, -0.25) is 0 Å². The van der Waals surface area contributed by atoms with Gasteiger partial charge in [-0.05, 0) is 75.4 Å². The van der Waals surface area contributed by atoms with Crippen molar-refractivity contribution in [2.45, 2.75) is 60.3 Å². The molecule has 21 heavy (non-hydrogen) atoms. The minimum atomic E-state index is 0.520. The lowest BCUT2D eigenvalue weighted by molar-refractivity contribution is 0.116. The first-order chi connectivity index (χ1) is 9.89. The normalized spacial score (nSPS) is 25.0. The number of nitrogens with one attached hydrogen (secondary N) is 1. The molecule has 1 aliphatic carbocycles. The minimum Gasteiger partial charge on any atom is -0.317 e. The summed E-state index contributed by atoms with van der Waals surface area (Å²) >= 11 is 0. The van der Waals surface area contributed by atoms with Gasteiger partial charge < -0.3 is 5.32 Å². The van der Waals surface area contributed by atoms with Gasteiger partial charge in [0.05, 0.1) is 0 Å². The van der Waals surface area contributed by atoms with Crippen LogP contribution < -0.4 is 5.32 Å². The number of rotatable bonds is 5. The third-order valence-electron chi connectivity index (χ3n) is 5.11. The average molecular weight is 287 g/mol. The van der Waals surface area contributed by atoms with E-state index in [4.69, 9.17) is 0 Å². The van der Waals surface area contributed by atoms with E-state index >= 15 is 0 Å². The lowest BCUT2D eigenvalue weighted by atomic mass is 9.65. The molecule has 0 aliphatic heterocycles. The van der Waals surface area contributed by atoms with Gasteiger partial charge in [-0.2, -0.15) is 0 Å². The van der Waals surface area contributed by atoms with E-state index in [1.807, 2.05) is 0 Å². The summed E-state index contributed by atoms with van der Waals surface area (Å²) in [4.78, 5) is 0. The van der Waals surface area contributed by atoms with Crippen molar-refractivity contribution in [2.75, 3.05) is 13.1 Å². The monoisotopic (exact) mass is 287 g/mol. The van der Waals surface area contributed by atoms with Gasteiger partial charge in [0.15, 0.2) is 0 Å². The van der Waals surface area contributed by atoms with Crippen molar-refractivity contribution >= 4 is 0 Å². The fourth-order valence-corrected chi connectivity index (χ4v) is 4.12. The Morgan fingerprint density at radius 1 is 1.10 bits per heavy atom. The van der Waals surface area contributed by atoms with Gasteiger partial charge in [-0.25, -0.2) is 0 Å². The van der Waals surface area contributed by atoms with Crippen molar-refractivity contribution in [3.8, 4) is 0 Å². The zero-order valence-electron chi connectivity index (χ0n) is 14.6. The third kappa shape index (κ3) is 4.85. The summed E-state index contributed by atoms with van der Waals surface area (Å²) in [7, 11) is 0. The van der Waals surface area contributed by atoms with E-state index in [0.29, 0.717) is 5.41 Å². The Labute approximate surface area is 131 Å². The molecular weight excluding hydrogens is 254 g/mol. The summed E-state index contributed by atoms with van der Waals surface area (Å²) < 4.78 is 0. The van der Waals surface area contributed by atoms with Gasteiger partial charge in [0.2, 0.25) is 0 Å². The molecule has 2 rings (SSSR count). The second-order valence-corrected chi connectivity index (χ2v) is 7.93. The van der Waals surface area contributed by atoms with E-state index in [1.54, 1.807) is 0 Å². The fraction of sp³-hybridized carbons (Fsp3) is 0.700. The van der Waals surface area contributed by atoms with Crippen molar-refractivity contribution in [2.24, 2.45) is 17.3 Å². The van der Waals surface area contributed by atoms with Crippen molar-refractivity contribution < 1.29 is 0 Å². The molecule has 1 aliphatic rings. The molecule has 0 saturated heterocycles. The highest BCUT2D eigenvalue weighted by Gasteiger charge is 2.34. The molecule has 2 atom stereocenters. The van der Waals surface area contributed by atoms with E-state index in [0.717, 1.165) is 18.4 Å². The summed E-state index contributed by atoms with van der Waals surface area (Å²) in [5.41, 5.74) is 4.87. The van der Waals surface area contributed by atoms with E-state index in [1.165, 1.54) is 48.9 Å². The lowest BCUT2D eigenvalue weighted by Gasteiger charge is -2.41. The number of aryl methyl sites for hydroxylation is 2. The Kier molecular flexibility index (Phi) is 5.48. The van der Waals surface area contributed by atoms with E-state index < -0.39 is 0 Å². The molecule has 1 aromatic carbocycles. The van der Waals surface area contributed by atoms with Crippen LogP contribution in [0.5, 0.6) is 0 Å². The summed E-state index contributed by atoms with van der Waals surface area (Å²) in [6.07, 6.45) is 5.39. The van der Waals surface area contributed by atoms with Crippen molar-refractivity contribution in [1.29, 1.82) is 0 Å². The first-order valence-electron chi connectivity index (χ1n) is 8.67. The van der Waals surface area contributed by atoms with Crippen LogP contribution in [0, 0.1) is 31.1 Å². The number of hydrogen-bond acceptors (Lipinski definition) is 1. The van der Waals surface area contributed by atoms with Gasteiger partial charge in [0.1, 0.15) is 0 Å². The predicted octanol–water partition coefficient (Wildman–Crippen LogP) is 4.90. The van der Waals surface area contributed by atoms with Crippen LogP contribution >= 0.6 is 0 Å². The number of benzene rings is 1. The van der Waals surface area contributed by atoms with Gasteiger partial charge in [-0.1, -0.05) is 50.1 Å². The van der Waals surface area contributed by atoms with Crippen LogP contribution in [0.2, 0.25) is 0 Å². The van der Waals surface area contributed by atoms with Crippen molar-refractivity contribution in [3.05, 3.63) is 34.9 Å².